The molecule has 22 rings (SSSR count). The van der Waals surface area contributed by atoms with Crippen molar-refractivity contribution in [2.45, 2.75) is 0 Å². The molecule has 0 fully saturated rings. The van der Waals surface area contributed by atoms with Crippen molar-refractivity contribution in [1.29, 1.82) is 0 Å². The van der Waals surface area contributed by atoms with Crippen LogP contribution in [0.3, 0.4) is 0 Å². The Morgan fingerprint density at radius 3 is 0.567 bits per heavy atom. The Balaban J connectivity index is 0.611. The number of fused-ring (bicyclic) bond motifs is 9. The number of rotatable bonds is 18. The molecule has 0 saturated carbocycles. The fourth-order valence-electron chi connectivity index (χ4n) is 17.5. The van der Waals surface area contributed by atoms with Gasteiger partial charge in [0.1, 0.15) is 0 Å². The fraction of sp³-hybridized carbons (Fsp3) is 0. The van der Waals surface area contributed by atoms with Gasteiger partial charge in [0.2, 0.25) is 0 Å². The van der Waals surface area contributed by atoms with Crippen molar-refractivity contribution in [3.8, 4) is 84.6 Å². The van der Waals surface area contributed by atoms with E-state index in [1.54, 1.807) is 0 Å². The summed E-state index contributed by atoms with van der Waals surface area (Å²) in [5.41, 5.74) is 28.9. The molecule has 0 aliphatic carbocycles. The van der Waals surface area contributed by atoms with Crippen LogP contribution in [0, 0.1) is 0 Å². The van der Waals surface area contributed by atoms with E-state index in [0.717, 1.165) is 118 Å². The maximum absolute atomic E-state index is 5.40. The Labute approximate surface area is 695 Å². The standard InChI is InChI=1S/C111H75N9/c1-7-25-85(26-8-1)115(91-58-43-76(44-59-91)82-55-70-100-97-37-19-22-40-103(97)118(106(100)73-82)88-31-13-4-14-32-88)94-64-49-79(50-65-94)109-112-110(80-51-66-95(67-52-80)116(86-27-9-2-10-28-86)92-60-45-77(46-61-92)83-56-71-101-98-38-20-23-41-104(98)119(107(101)74-83)89-33-15-5-16-34-89)114-111(113-109)81-53-68-96(69-54-81)117(87-29-11-3-12-30-87)93-62-47-78(48-63-93)84-57-72-102-99-39-21-24-42-105(99)120(108(102)75-84)90-35-17-6-18-36-90/h1-75H. The summed E-state index contributed by atoms with van der Waals surface area (Å²) in [6, 6.07) is 163. The summed E-state index contributed by atoms with van der Waals surface area (Å²) in [5.74, 6) is 1.64. The average molecular weight is 1530 g/mol. The number of hydrogen-bond acceptors (Lipinski definition) is 6. The quantitative estimate of drug-likeness (QED) is 0.0853. The highest BCUT2D eigenvalue weighted by Crippen LogP contribution is 2.45. The minimum Gasteiger partial charge on any atom is -0.311 e. The van der Waals surface area contributed by atoms with Crippen LogP contribution in [0.5, 0.6) is 0 Å². The van der Waals surface area contributed by atoms with Crippen LogP contribution in [0.15, 0.2) is 455 Å². The second-order valence-corrected chi connectivity index (χ2v) is 30.4. The average Bonchev–Trinajstić information content (AvgIpc) is 1.61. The van der Waals surface area contributed by atoms with Crippen LogP contribution in [-0.2, 0) is 0 Å². The molecule has 0 aliphatic heterocycles. The Hall–Kier alpha value is -16.2. The third kappa shape index (κ3) is 12.8. The number of hydrogen-bond donors (Lipinski definition) is 0. The van der Waals surface area contributed by atoms with E-state index < -0.39 is 0 Å². The van der Waals surface area contributed by atoms with Crippen LogP contribution in [0.2, 0.25) is 0 Å². The van der Waals surface area contributed by atoms with Crippen molar-refractivity contribution in [2.24, 2.45) is 0 Å². The fourth-order valence-corrected chi connectivity index (χ4v) is 17.5. The topological polar surface area (TPSA) is 63.2 Å². The lowest BCUT2D eigenvalue weighted by Gasteiger charge is -2.26. The van der Waals surface area contributed by atoms with Crippen LogP contribution in [-0.4, -0.2) is 28.7 Å². The molecular weight excluding hydrogens is 1460 g/mol. The molecule has 0 amide bonds. The number of para-hydroxylation sites is 9. The third-order valence-corrected chi connectivity index (χ3v) is 23.3. The van der Waals surface area contributed by atoms with E-state index in [9.17, 15) is 0 Å². The largest absolute Gasteiger partial charge is 0.311 e. The zero-order valence-corrected chi connectivity index (χ0v) is 65.3. The molecule has 18 aromatic carbocycles. The first-order chi connectivity index (χ1) is 59.5. The minimum absolute atomic E-state index is 0.548. The minimum atomic E-state index is 0.548. The molecule has 22 aromatic rings. The van der Waals surface area contributed by atoms with Crippen molar-refractivity contribution in [3.63, 3.8) is 0 Å². The van der Waals surface area contributed by atoms with Crippen molar-refractivity contribution in [3.05, 3.63) is 455 Å². The first kappa shape index (κ1) is 70.4. The molecule has 0 radical (unpaired) electrons. The molecule has 4 heterocycles. The molecule has 0 spiro atoms. The lowest BCUT2D eigenvalue weighted by atomic mass is 10.0. The van der Waals surface area contributed by atoms with Gasteiger partial charge in [-0.3, -0.25) is 0 Å². The summed E-state index contributed by atoms with van der Waals surface area (Å²) in [5, 5.41) is 7.37. The molecular formula is C111H75N9. The summed E-state index contributed by atoms with van der Waals surface area (Å²) in [4.78, 5) is 23.1. The smallest absolute Gasteiger partial charge is 0.164 e. The number of benzene rings is 18. The first-order valence-corrected chi connectivity index (χ1v) is 40.7. The normalized spacial score (nSPS) is 11.5. The van der Waals surface area contributed by atoms with E-state index in [1.807, 2.05) is 0 Å². The van der Waals surface area contributed by atoms with E-state index in [4.69, 9.17) is 15.0 Å². The van der Waals surface area contributed by atoms with Crippen LogP contribution >= 0.6 is 0 Å². The molecule has 0 atom stereocenters. The van der Waals surface area contributed by atoms with Gasteiger partial charge in [0.15, 0.2) is 17.5 Å². The molecule has 120 heavy (non-hydrogen) atoms. The van der Waals surface area contributed by atoms with Gasteiger partial charge in [-0.15, -0.1) is 0 Å². The van der Waals surface area contributed by atoms with Gasteiger partial charge in [-0.05, 0) is 252 Å². The summed E-state index contributed by atoms with van der Waals surface area (Å²) in [6.07, 6.45) is 0. The van der Waals surface area contributed by atoms with Crippen molar-refractivity contribution in [1.82, 2.24) is 28.7 Å². The van der Waals surface area contributed by atoms with Crippen molar-refractivity contribution in [2.75, 3.05) is 14.7 Å². The van der Waals surface area contributed by atoms with E-state index in [1.165, 1.54) is 65.4 Å². The SMILES string of the molecule is c1ccc(N(c2ccc(-c3ccc4c5ccccc5n(-c5ccccc5)c4c3)cc2)c2ccc(-c3nc(-c4ccc(N(c5ccccc5)c5ccc(-c6ccc7c8ccccc8n(-c8ccccc8)c7c6)cc5)cc4)nc(-c4ccc(N(c5ccccc5)c5ccc(-c6ccc7c8ccccc8n(-c8ccccc8)c7c6)cc5)cc4)n3)cc2)cc1. The van der Waals surface area contributed by atoms with Crippen molar-refractivity contribution < 1.29 is 0 Å². The van der Waals surface area contributed by atoms with Crippen molar-refractivity contribution >= 4 is 117 Å². The molecule has 564 valence electrons. The molecule has 0 unspecified atom stereocenters. The predicted octanol–water partition coefficient (Wildman–Crippen LogP) is 29.6. The highest BCUT2D eigenvalue weighted by molar-refractivity contribution is 6.13. The molecule has 9 heteroatoms. The predicted molar refractivity (Wildman–Crippen MR) is 500 cm³/mol. The maximum Gasteiger partial charge on any atom is 0.164 e. The van der Waals surface area contributed by atoms with Gasteiger partial charge >= 0.3 is 0 Å². The monoisotopic (exact) mass is 1530 g/mol. The third-order valence-electron chi connectivity index (χ3n) is 23.3. The highest BCUT2D eigenvalue weighted by atomic mass is 15.2. The number of aromatic nitrogens is 6. The highest BCUT2D eigenvalue weighted by Gasteiger charge is 2.23. The van der Waals surface area contributed by atoms with Gasteiger partial charge in [0, 0.05) is 117 Å². The Kier molecular flexibility index (Phi) is 17.7. The van der Waals surface area contributed by atoms with Gasteiger partial charge in [-0.25, -0.2) is 15.0 Å². The summed E-state index contributed by atoms with van der Waals surface area (Å²) in [6.45, 7) is 0. The first-order valence-electron chi connectivity index (χ1n) is 40.7. The molecule has 0 N–H and O–H groups in total. The van der Waals surface area contributed by atoms with E-state index in [2.05, 4.69) is 483 Å². The lowest BCUT2D eigenvalue weighted by molar-refractivity contribution is 1.07. The number of nitrogens with zero attached hydrogens (tertiary/aromatic N) is 9. The maximum atomic E-state index is 5.40. The van der Waals surface area contributed by atoms with Crippen LogP contribution < -0.4 is 14.7 Å². The van der Waals surface area contributed by atoms with E-state index in [-0.39, 0.29) is 0 Å². The molecule has 9 nitrogen and oxygen atoms in total. The van der Waals surface area contributed by atoms with Gasteiger partial charge in [0.05, 0.1) is 33.1 Å². The Morgan fingerprint density at radius 1 is 0.142 bits per heavy atom. The van der Waals surface area contributed by atoms with Gasteiger partial charge in [-0.1, -0.05) is 237 Å². The lowest BCUT2D eigenvalue weighted by Crippen LogP contribution is -2.10. The van der Waals surface area contributed by atoms with E-state index in [0.29, 0.717) is 17.5 Å². The number of anilines is 9. The summed E-state index contributed by atoms with van der Waals surface area (Å²) in [7, 11) is 0. The Morgan fingerprint density at radius 2 is 0.325 bits per heavy atom. The molecule has 0 saturated heterocycles. The van der Waals surface area contributed by atoms with Gasteiger partial charge < -0.3 is 28.4 Å². The van der Waals surface area contributed by atoms with Crippen LogP contribution in [0.4, 0.5) is 51.2 Å². The summed E-state index contributed by atoms with van der Waals surface area (Å²) >= 11 is 0. The zero-order valence-electron chi connectivity index (χ0n) is 65.3. The Bertz CT molecular complexity index is 6780. The van der Waals surface area contributed by atoms with Gasteiger partial charge in [-0.2, -0.15) is 0 Å². The second-order valence-electron chi connectivity index (χ2n) is 30.4. The van der Waals surface area contributed by atoms with Gasteiger partial charge in [0.25, 0.3) is 0 Å². The van der Waals surface area contributed by atoms with Crippen LogP contribution in [0.1, 0.15) is 0 Å². The van der Waals surface area contributed by atoms with Crippen LogP contribution in [0.25, 0.3) is 150 Å². The second kappa shape index (κ2) is 30.2. The molecule has 0 bridgehead atoms. The zero-order chi connectivity index (χ0) is 79.4. The summed E-state index contributed by atoms with van der Waals surface area (Å²) < 4.78 is 7.13. The molecule has 0 aliphatic rings. The molecule has 4 aromatic heterocycles. The van der Waals surface area contributed by atoms with E-state index >= 15 is 0 Å².